The molecule has 0 bridgehead atoms. The van der Waals surface area contributed by atoms with Crippen molar-refractivity contribution in [2.75, 3.05) is 18.0 Å². The smallest absolute Gasteiger partial charge is 0.347 e. The third-order valence-electron chi connectivity index (χ3n) is 3.79. The number of nitrogens with zero attached hydrogens (tertiary/aromatic N) is 2. The maximum Gasteiger partial charge on any atom is 0.347 e. The van der Waals surface area contributed by atoms with Crippen molar-refractivity contribution in [1.29, 1.82) is 0 Å². The molecule has 2 N–H and O–H groups in total. The molecule has 5 heteroatoms. The third-order valence-corrected chi connectivity index (χ3v) is 3.79. The highest BCUT2D eigenvalue weighted by Gasteiger charge is 2.24. The normalized spacial score (nSPS) is 20.6. The molecule has 5 nitrogen and oxygen atoms in total. The predicted octanol–water partition coefficient (Wildman–Crippen LogP) is 0.609. The van der Waals surface area contributed by atoms with E-state index in [2.05, 4.69) is 27.1 Å². The summed E-state index contributed by atoms with van der Waals surface area (Å²) in [6.07, 6.45) is 2.38. The summed E-state index contributed by atoms with van der Waals surface area (Å²) in [4.78, 5) is 20.8. The minimum atomic E-state index is -0.221. The Hall–Kier alpha value is -1.36. The maximum atomic E-state index is 11.5. The Morgan fingerprint density at radius 2 is 2.06 bits per heavy atom. The maximum absolute atomic E-state index is 11.5. The summed E-state index contributed by atoms with van der Waals surface area (Å²) in [6, 6.07) is 0. The van der Waals surface area contributed by atoms with Crippen LogP contribution in [0.5, 0.6) is 0 Å². The molecule has 0 unspecified atom stereocenters. The molecule has 3 heterocycles. The zero-order valence-electron chi connectivity index (χ0n) is 10.1. The van der Waals surface area contributed by atoms with Crippen LogP contribution in [0.25, 0.3) is 0 Å². The van der Waals surface area contributed by atoms with Crippen molar-refractivity contribution >= 4 is 5.82 Å². The molecule has 2 aliphatic heterocycles. The first-order chi connectivity index (χ1) is 8.24. The number of piperidine rings is 1. The van der Waals surface area contributed by atoms with Crippen molar-refractivity contribution in [2.24, 2.45) is 5.92 Å². The Morgan fingerprint density at radius 3 is 2.82 bits per heavy atom. The van der Waals surface area contributed by atoms with Crippen molar-refractivity contribution in [1.82, 2.24) is 15.3 Å². The number of hydrogen-bond acceptors (Lipinski definition) is 4. The van der Waals surface area contributed by atoms with Gasteiger partial charge in [-0.1, -0.05) is 6.92 Å². The van der Waals surface area contributed by atoms with Crippen LogP contribution >= 0.6 is 0 Å². The van der Waals surface area contributed by atoms with Gasteiger partial charge in [0.15, 0.2) is 0 Å². The van der Waals surface area contributed by atoms with E-state index >= 15 is 0 Å². The van der Waals surface area contributed by atoms with Gasteiger partial charge in [-0.3, -0.25) is 0 Å². The van der Waals surface area contributed by atoms with Gasteiger partial charge in [0.1, 0.15) is 5.82 Å². The number of aromatic amines is 1. The summed E-state index contributed by atoms with van der Waals surface area (Å²) in [5.74, 6) is 1.69. The van der Waals surface area contributed by atoms with Crippen LogP contribution in [-0.4, -0.2) is 23.1 Å². The molecule has 3 rings (SSSR count). The van der Waals surface area contributed by atoms with Crippen LogP contribution in [0.1, 0.15) is 31.0 Å². The van der Waals surface area contributed by atoms with Crippen molar-refractivity contribution < 1.29 is 0 Å². The van der Waals surface area contributed by atoms with Gasteiger partial charge in [0.05, 0.1) is 0 Å². The van der Waals surface area contributed by atoms with E-state index in [0.717, 1.165) is 43.6 Å². The van der Waals surface area contributed by atoms with E-state index in [4.69, 9.17) is 0 Å². The molecule has 0 amide bonds. The fourth-order valence-corrected chi connectivity index (χ4v) is 2.66. The molecule has 2 aliphatic rings. The van der Waals surface area contributed by atoms with Gasteiger partial charge in [-0.2, -0.15) is 4.98 Å². The monoisotopic (exact) mass is 234 g/mol. The van der Waals surface area contributed by atoms with E-state index in [-0.39, 0.29) is 5.69 Å². The summed E-state index contributed by atoms with van der Waals surface area (Å²) in [7, 11) is 0. The van der Waals surface area contributed by atoms with Gasteiger partial charge in [-0.25, -0.2) is 4.79 Å². The Morgan fingerprint density at radius 1 is 1.29 bits per heavy atom. The number of fused-ring (bicyclic) bond motifs is 1. The number of hydrogen-bond donors (Lipinski definition) is 2. The first kappa shape index (κ1) is 10.8. The average Bonchev–Trinajstić information content (AvgIpc) is 2.77. The zero-order valence-corrected chi connectivity index (χ0v) is 10.1. The van der Waals surface area contributed by atoms with Crippen molar-refractivity contribution in [2.45, 2.75) is 32.9 Å². The van der Waals surface area contributed by atoms with Crippen molar-refractivity contribution in [3.05, 3.63) is 21.7 Å². The lowest BCUT2D eigenvalue weighted by molar-refractivity contribution is 0.435. The molecule has 0 atom stereocenters. The molecule has 0 saturated carbocycles. The topological polar surface area (TPSA) is 61.0 Å². The van der Waals surface area contributed by atoms with Crippen LogP contribution in [0.3, 0.4) is 0 Å². The predicted molar refractivity (Wildman–Crippen MR) is 66.0 cm³/mol. The second-order valence-corrected chi connectivity index (χ2v) is 5.10. The highest BCUT2D eigenvalue weighted by atomic mass is 16.1. The summed E-state index contributed by atoms with van der Waals surface area (Å²) in [6.45, 7) is 5.90. The van der Waals surface area contributed by atoms with Gasteiger partial charge in [0.2, 0.25) is 0 Å². The minimum Gasteiger partial charge on any atom is -0.356 e. The summed E-state index contributed by atoms with van der Waals surface area (Å²) < 4.78 is 0. The molecular formula is C12H18N4O. The molecule has 0 aliphatic carbocycles. The zero-order chi connectivity index (χ0) is 11.8. The average molecular weight is 234 g/mol. The van der Waals surface area contributed by atoms with Crippen LogP contribution in [0.4, 0.5) is 5.82 Å². The summed E-state index contributed by atoms with van der Waals surface area (Å²) >= 11 is 0. The largest absolute Gasteiger partial charge is 0.356 e. The van der Waals surface area contributed by atoms with Crippen molar-refractivity contribution in [3.63, 3.8) is 0 Å². The molecule has 1 aromatic rings. The van der Waals surface area contributed by atoms with Gasteiger partial charge in [0.25, 0.3) is 0 Å². The Bertz CT molecular complexity index is 474. The van der Waals surface area contributed by atoms with E-state index in [1.165, 1.54) is 18.4 Å². The molecule has 0 spiro atoms. The minimum absolute atomic E-state index is 0.221. The van der Waals surface area contributed by atoms with Gasteiger partial charge in [0, 0.05) is 37.4 Å². The molecule has 92 valence electrons. The van der Waals surface area contributed by atoms with Crippen LogP contribution in [0.2, 0.25) is 0 Å². The van der Waals surface area contributed by atoms with E-state index < -0.39 is 0 Å². The lowest BCUT2D eigenvalue weighted by Gasteiger charge is -2.32. The first-order valence-electron chi connectivity index (χ1n) is 6.32. The Labute approximate surface area is 100 Å². The van der Waals surface area contributed by atoms with Gasteiger partial charge in [-0.05, 0) is 18.8 Å². The molecule has 0 aromatic carbocycles. The number of anilines is 1. The van der Waals surface area contributed by atoms with E-state index in [9.17, 15) is 4.79 Å². The Balaban J connectivity index is 1.95. The van der Waals surface area contributed by atoms with E-state index in [1.807, 2.05) is 0 Å². The van der Waals surface area contributed by atoms with Crippen molar-refractivity contribution in [3.8, 4) is 0 Å². The summed E-state index contributed by atoms with van der Waals surface area (Å²) in [5, 5.41) is 3.27. The van der Waals surface area contributed by atoms with Crippen LogP contribution < -0.4 is 15.9 Å². The highest BCUT2D eigenvalue weighted by molar-refractivity contribution is 5.50. The standard InChI is InChI=1S/C12H18N4O/c1-8-2-4-16(5-3-8)11-9-6-13-7-10(9)14-12(17)15-11/h8,13H,2-7H2,1H3,(H,14,15,17). The fraction of sp³-hybridized carbons (Fsp3) is 0.667. The molecule has 1 fully saturated rings. The lowest BCUT2D eigenvalue weighted by Crippen LogP contribution is -2.35. The number of H-pyrrole nitrogens is 1. The second kappa shape index (κ2) is 4.14. The molecule has 17 heavy (non-hydrogen) atoms. The van der Waals surface area contributed by atoms with Crippen LogP contribution in [0, 0.1) is 5.92 Å². The van der Waals surface area contributed by atoms with Crippen LogP contribution in [0.15, 0.2) is 4.79 Å². The van der Waals surface area contributed by atoms with Gasteiger partial charge in [-0.15, -0.1) is 0 Å². The van der Waals surface area contributed by atoms with E-state index in [1.54, 1.807) is 0 Å². The number of nitrogens with one attached hydrogen (secondary N) is 2. The third kappa shape index (κ3) is 1.95. The summed E-state index contributed by atoms with van der Waals surface area (Å²) in [5.41, 5.74) is 1.97. The van der Waals surface area contributed by atoms with Gasteiger partial charge < -0.3 is 15.2 Å². The molecule has 0 radical (unpaired) electrons. The molecule has 1 saturated heterocycles. The molecule has 1 aromatic heterocycles. The fourth-order valence-electron chi connectivity index (χ4n) is 2.66. The number of aromatic nitrogens is 2. The molecular weight excluding hydrogens is 216 g/mol. The SMILES string of the molecule is CC1CCN(c2nc(=O)[nH]c3c2CNC3)CC1. The number of rotatable bonds is 1. The van der Waals surface area contributed by atoms with Crippen LogP contribution in [-0.2, 0) is 13.1 Å². The lowest BCUT2D eigenvalue weighted by atomic mass is 9.99. The highest BCUT2D eigenvalue weighted by Crippen LogP contribution is 2.26. The quantitative estimate of drug-likeness (QED) is 0.747. The Kier molecular flexibility index (Phi) is 2.63. The van der Waals surface area contributed by atoms with Gasteiger partial charge >= 0.3 is 5.69 Å². The second-order valence-electron chi connectivity index (χ2n) is 5.10. The van der Waals surface area contributed by atoms with E-state index in [0.29, 0.717) is 0 Å². The first-order valence-corrected chi connectivity index (χ1v) is 6.32.